The largest absolute Gasteiger partial charge is 0.347 e. The highest BCUT2D eigenvalue weighted by Crippen LogP contribution is 2.25. The Morgan fingerprint density at radius 2 is 1.35 bits per heavy atom. The fourth-order valence-corrected chi connectivity index (χ4v) is 2.69. The third kappa shape index (κ3) is 13.3. The van der Waals surface area contributed by atoms with E-state index >= 15 is 0 Å². The topological polar surface area (TPSA) is 46.5 Å². The van der Waals surface area contributed by atoms with Gasteiger partial charge in [-0.05, 0) is 46.0 Å². The molecule has 0 aliphatic rings. The van der Waals surface area contributed by atoms with Crippen LogP contribution in [0.25, 0.3) is 0 Å². The minimum Gasteiger partial charge on any atom is -0.300 e. The smallest absolute Gasteiger partial charge is 0.300 e. The molecule has 1 N–H and O–H groups in total. The second kappa shape index (κ2) is 14.7. The maximum absolute atomic E-state index is 11.3. The SMILES string of the molecule is CCCCCCCC/C=C\CCCCCCC(C)(C)C(=O)OO. The Kier molecular flexibility index (Phi) is 14.2. The van der Waals surface area contributed by atoms with Crippen LogP contribution >= 0.6 is 0 Å². The average Bonchev–Trinajstić information content (AvgIpc) is 2.54. The number of carbonyl (C=O) groups excluding carboxylic acids is 1. The molecule has 0 aromatic carbocycles. The Balaban J connectivity index is 3.36. The van der Waals surface area contributed by atoms with Crippen molar-refractivity contribution in [3.05, 3.63) is 12.2 Å². The first-order valence-corrected chi connectivity index (χ1v) is 9.55. The van der Waals surface area contributed by atoms with E-state index in [1.807, 2.05) is 13.8 Å². The molecule has 0 bridgehead atoms. The molecule has 0 radical (unpaired) electrons. The summed E-state index contributed by atoms with van der Waals surface area (Å²) in [4.78, 5) is 15.2. The molecule has 3 nitrogen and oxygen atoms in total. The Labute approximate surface area is 143 Å². The highest BCUT2D eigenvalue weighted by atomic mass is 17.1. The molecule has 0 saturated heterocycles. The van der Waals surface area contributed by atoms with Gasteiger partial charge in [0.15, 0.2) is 0 Å². The number of carbonyl (C=O) groups is 1. The van der Waals surface area contributed by atoms with E-state index in [9.17, 15) is 4.79 Å². The molecular formula is C20H38O3. The number of unbranched alkanes of at least 4 members (excludes halogenated alkanes) is 10. The van der Waals surface area contributed by atoms with Crippen LogP contribution in [0, 0.1) is 5.41 Å². The summed E-state index contributed by atoms with van der Waals surface area (Å²) >= 11 is 0. The molecule has 3 heteroatoms. The molecule has 0 heterocycles. The van der Waals surface area contributed by atoms with Gasteiger partial charge in [0.2, 0.25) is 0 Å². The fourth-order valence-electron chi connectivity index (χ4n) is 2.69. The minimum absolute atomic E-state index is 0.532. The molecule has 0 aromatic heterocycles. The summed E-state index contributed by atoms with van der Waals surface area (Å²) in [5, 5.41) is 8.43. The van der Waals surface area contributed by atoms with Crippen molar-refractivity contribution in [1.29, 1.82) is 0 Å². The summed E-state index contributed by atoms with van der Waals surface area (Å²) in [6.07, 6.45) is 20.6. The molecule has 0 spiro atoms. The predicted molar refractivity (Wildman–Crippen MR) is 97.3 cm³/mol. The zero-order chi connectivity index (χ0) is 17.4. The van der Waals surface area contributed by atoms with Crippen LogP contribution in [0.1, 0.15) is 104 Å². The first-order valence-electron chi connectivity index (χ1n) is 9.55. The highest BCUT2D eigenvalue weighted by Gasteiger charge is 2.28. The van der Waals surface area contributed by atoms with Gasteiger partial charge < -0.3 is 4.89 Å². The Hall–Kier alpha value is -0.830. The number of hydrogen-bond donors (Lipinski definition) is 1. The van der Waals surface area contributed by atoms with Crippen LogP contribution in [-0.2, 0) is 9.68 Å². The second-order valence-electron chi connectivity index (χ2n) is 7.24. The molecular weight excluding hydrogens is 288 g/mol. The predicted octanol–water partition coefficient (Wildman–Crippen LogP) is 6.68. The van der Waals surface area contributed by atoms with Crippen molar-refractivity contribution in [1.82, 2.24) is 0 Å². The molecule has 0 atom stereocenters. The third-order valence-electron chi connectivity index (χ3n) is 4.45. The van der Waals surface area contributed by atoms with Gasteiger partial charge in [-0.1, -0.05) is 70.4 Å². The molecule has 0 fully saturated rings. The highest BCUT2D eigenvalue weighted by molar-refractivity contribution is 5.75. The van der Waals surface area contributed by atoms with E-state index in [1.165, 1.54) is 57.8 Å². The Bertz CT molecular complexity index is 308. The van der Waals surface area contributed by atoms with E-state index in [0.717, 1.165) is 25.7 Å². The van der Waals surface area contributed by atoms with E-state index in [1.54, 1.807) is 0 Å². The summed E-state index contributed by atoms with van der Waals surface area (Å²) in [6, 6.07) is 0. The van der Waals surface area contributed by atoms with Gasteiger partial charge in [-0.2, -0.15) is 5.26 Å². The van der Waals surface area contributed by atoms with Crippen molar-refractivity contribution < 1.29 is 14.9 Å². The summed E-state index contributed by atoms with van der Waals surface area (Å²) in [5.41, 5.74) is -0.578. The maximum atomic E-state index is 11.3. The number of rotatable bonds is 15. The lowest BCUT2D eigenvalue weighted by Gasteiger charge is -2.19. The molecule has 23 heavy (non-hydrogen) atoms. The van der Waals surface area contributed by atoms with Gasteiger partial charge in [-0.25, -0.2) is 4.79 Å². The summed E-state index contributed by atoms with van der Waals surface area (Å²) in [5.74, 6) is -0.532. The lowest BCUT2D eigenvalue weighted by atomic mass is 9.87. The molecule has 0 aliphatic carbocycles. The number of allylic oxidation sites excluding steroid dienone is 2. The molecule has 0 aromatic rings. The first-order chi connectivity index (χ1) is 11.0. The van der Waals surface area contributed by atoms with Crippen LogP contribution in [0.4, 0.5) is 0 Å². The summed E-state index contributed by atoms with van der Waals surface area (Å²) in [6.45, 7) is 5.89. The van der Waals surface area contributed by atoms with Gasteiger partial charge in [-0.3, -0.25) is 0 Å². The molecule has 0 amide bonds. The lowest BCUT2D eigenvalue weighted by Crippen LogP contribution is -2.25. The zero-order valence-electron chi connectivity index (χ0n) is 15.6. The first kappa shape index (κ1) is 22.2. The van der Waals surface area contributed by atoms with Crippen molar-refractivity contribution in [3.63, 3.8) is 0 Å². The Morgan fingerprint density at radius 1 is 0.870 bits per heavy atom. The van der Waals surface area contributed by atoms with Crippen molar-refractivity contribution in [3.8, 4) is 0 Å². The van der Waals surface area contributed by atoms with Crippen molar-refractivity contribution >= 4 is 5.97 Å². The van der Waals surface area contributed by atoms with Gasteiger partial charge in [-0.15, -0.1) is 0 Å². The second-order valence-corrected chi connectivity index (χ2v) is 7.24. The van der Waals surface area contributed by atoms with Crippen LogP contribution in [0.3, 0.4) is 0 Å². The molecule has 0 unspecified atom stereocenters. The monoisotopic (exact) mass is 326 g/mol. The lowest BCUT2D eigenvalue weighted by molar-refractivity contribution is -0.244. The van der Waals surface area contributed by atoms with Crippen molar-refractivity contribution in [2.45, 2.75) is 104 Å². The third-order valence-corrected chi connectivity index (χ3v) is 4.45. The summed E-state index contributed by atoms with van der Waals surface area (Å²) in [7, 11) is 0. The standard InChI is InChI=1S/C20H38O3/c1-4-5-6-7-8-9-10-11-12-13-14-15-16-17-18-20(2,3)19(21)23-22/h11-12,22H,4-10,13-18H2,1-3H3/b12-11-. The van der Waals surface area contributed by atoms with Crippen LogP contribution in [0.2, 0.25) is 0 Å². The van der Waals surface area contributed by atoms with Crippen LogP contribution in [0.5, 0.6) is 0 Å². The molecule has 0 saturated carbocycles. The van der Waals surface area contributed by atoms with Gasteiger partial charge in [0.1, 0.15) is 0 Å². The minimum atomic E-state index is -0.578. The van der Waals surface area contributed by atoms with E-state index in [2.05, 4.69) is 24.0 Å². The van der Waals surface area contributed by atoms with Crippen molar-refractivity contribution in [2.75, 3.05) is 0 Å². The van der Waals surface area contributed by atoms with E-state index in [0.29, 0.717) is 0 Å². The molecule has 0 rings (SSSR count). The van der Waals surface area contributed by atoms with Gasteiger partial charge >= 0.3 is 5.97 Å². The van der Waals surface area contributed by atoms with E-state index in [-0.39, 0.29) is 0 Å². The van der Waals surface area contributed by atoms with E-state index < -0.39 is 11.4 Å². The Morgan fingerprint density at radius 3 is 1.87 bits per heavy atom. The maximum Gasteiger partial charge on any atom is 0.347 e. The zero-order valence-corrected chi connectivity index (χ0v) is 15.6. The molecule has 136 valence electrons. The summed E-state index contributed by atoms with van der Waals surface area (Å²) < 4.78 is 0. The van der Waals surface area contributed by atoms with Gasteiger partial charge in [0, 0.05) is 0 Å². The van der Waals surface area contributed by atoms with Crippen molar-refractivity contribution in [2.24, 2.45) is 5.41 Å². The fraction of sp³-hybridized carbons (Fsp3) is 0.850. The molecule has 0 aliphatic heterocycles. The quantitative estimate of drug-likeness (QED) is 0.158. The average molecular weight is 327 g/mol. The van der Waals surface area contributed by atoms with Crippen LogP contribution < -0.4 is 0 Å². The van der Waals surface area contributed by atoms with E-state index in [4.69, 9.17) is 5.26 Å². The number of hydrogen-bond acceptors (Lipinski definition) is 3. The normalized spacial score (nSPS) is 12.0. The van der Waals surface area contributed by atoms with Gasteiger partial charge in [0.25, 0.3) is 0 Å². The van der Waals surface area contributed by atoms with Crippen LogP contribution in [-0.4, -0.2) is 11.2 Å². The van der Waals surface area contributed by atoms with Gasteiger partial charge in [0.05, 0.1) is 5.41 Å². The van der Waals surface area contributed by atoms with Crippen LogP contribution in [0.15, 0.2) is 12.2 Å².